The van der Waals surface area contributed by atoms with Gasteiger partial charge in [-0.15, -0.1) is 0 Å². The molecule has 1 aromatic carbocycles. The van der Waals surface area contributed by atoms with Gasteiger partial charge in [0.2, 0.25) is 5.95 Å². The van der Waals surface area contributed by atoms with Gasteiger partial charge in [-0.2, -0.15) is 0 Å². The highest BCUT2D eigenvalue weighted by molar-refractivity contribution is 5.63. The Bertz CT molecular complexity index is 723. The predicted octanol–water partition coefficient (Wildman–Crippen LogP) is 4.93. The lowest BCUT2D eigenvalue weighted by atomic mass is 9.99. The first-order valence-electron chi connectivity index (χ1n) is 8.43. The molecule has 0 amide bonds. The highest BCUT2D eigenvalue weighted by Gasteiger charge is 2.21. The minimum Gasteiger partial charge on any atom is -0.341 e. The Kier molecular flexibility index (Phi) is 4.78. The van der Waals surface area contributed by atoms with E-state index in [1.54, 1.807) is 0 Å². The number of aromatic nitrogens is 2. The van der Waals surface area contributed by atoms with Gasteiger partial charge in [0.1, 0.15) is 5.69 Å². The van der Waals surface area contributed by atoms with Crippen molar-refractivity contribution in [1.82, 2.24) is 9.97 Å². The number of piperidine rings is 1. The molecule has 2 aromatic rings. The fraction of sp³-hybridized carbons (Fsp3) is 0.474. The first-order valence-corrected chi connectivity index (χ1v) is 8.43. The molecule has 0 aliphatic carbocycles. The van der Waals surface area contributed by atoms with Gasteiger partial charge in [0, 0.05) is 18.7 Å². The number of hydrogen-bond acceptors (Lipinski definition) is 3. The standard InChI is InChI=1S/C19H23F2N3/c1-12-6-8-24(9-7-12)19-22-16(11-17(23-19)18(20)21)15-5-4-13(2)14(3)10-15/h4-5,10-12,18H,6-9H2,1-3H3. The van der Waals surface area contributed by atoms with Crippen molar-refractivity contribution < 1.29 is 8.78 Å². The van der Waals surface area contributed by atoms with Crippen molar-refractivity contribution in [2.75, 3.05) is 18.0 Å². The number of benzene rings is 1. The number of hydrogen-bond donors (Lipinski definition) is 0. The Labute approximate surface area is 141 Å². The van der Waals surface area contributed by atoms with Gasteiger partial charge < -0.3 is 4.90 Å². The number of halogens is 2. The minimum atomic E-state index is -2.60. The van der Waals surface area contributed by atoms with Crippen molar-refractivity contribution in [3.8, 4) is 11.3 Å². The van der Waals surface area contributed by atoms with E-state index in [4.69, 9.17) is 0 Å². The van der Waals surface area contributed by atoms with Gasteiger partial charge >= 0.3 is 0 Å². The molecular formula is C19H23F2N3. The van der Waals surface area contributed by atoms with Crippen LogP contribution in [0.2, 0.25) is 0 Å². The number of alkyl halides is 2. The van der Waals surface area contributed by atoms with Crippen LogP contribution in [-0.4, -0.2) is 23.1 Å². The van der Waals surface area contributed by atoms with E-state index in [1.165, 1.54) is 11.6 Å². The average Bonchev–Trinajstić information content (AvgIpc) is 2.57. The smallest absolute Gasteiger partial charge is 0.280 e. The molecule has 0 saturated carbocycles. The maximum absolute atomic E-state index is 13.3. The van der Waals surface area contributed by atoms with Crippen molar-refractivity contribution in [3.63, 3.8) is 0 Å². The summed E-state index contributed by atoms with van der Waals surface area (Å²) in [5.74, 6) is 1.09. The van der Waals surface area contributed by atoms with Crippen LogP contribution in [0.3, 0.4) is 0 Å². The number of anilines is 1. The third kappa shape index (κ3) is 3.55. The Morgan fingerprint density at radius 1 is 1.04 bits per heavy atom. The first-order chi connectivity index (χ1) is 11.4. The summed E-state index contributed by atoms with van der Waals surface area (Å²) in [4.78, 5) is 10.7. The van der Waals surface area contributed by atoms with E-state index in [-0.39, 0.29) is 5.69 Å². The van der Waals surface area contributed by atoms with Gasteiger partial charge in [0.05, 0.1) is 5.69 Å². The van der Waals surface area contributed by atoms with Crippen molar-refractivity contribution in [3.05, 3.63) is 41.1 Å². The summed E-state index contributed by atoms with van der Waals surface area (Å²) in [5.41, 5.74) is 3.52. The monoisotopic (exact) mass is 331 g/mol. The summed E-state index contributed by atoms with van der Waals surface area (Å²) in [6.45, 7) is 7.90. The molecule has 5 heteroatoms. The second-order valence-electron chi connectivity index (χ2n) is 6.75. The molecule has 1 saturated heterocycles. The topological polar surface area (TPSA) is 29.0 Å². The zero-order valence-corrected chi connectivity index (χ0v) is 14.4. The molecule has 3 rings (SSSR count). The summed E-state index contributed by atoms with van der Waals surface area (Å²) < 4.78 is 26.6. The highest BCUT2D eigenvalue weighted by atomic mass is 19.3. The number of nitrogens with zero attached hydrogens (tertiary/aromatic N) is 3. The predicted molar refractivity (Wildman–Crippen MR) is 92.5 cm³/mol. The number of rotatable bonds is 3. The second kappa shape index (κ2) is 6.83. The Morgan fingerprint density at radius 2 is 1.75 bits per heavy atom. The van der Waals surface area contributed by atoms with E-state index < -0.39 is 6.43 Å². The third-order valence-corrected chi connectivity index (χ3v) is 4.83. The zero-order chi connectivity index (χ0) is 17.3. The quantitative estimate of drug-likeness (QED) is 0.798. The molecule has 1 aliphatic rings. The molecule has 1 aromatic heterocycles. The SMILES string of the molecule is Cc1ccc(-c2cc(C(F)F)nc(N3CCC(C)CC3)n2)cc1C. The van der Waals surface area contributed by atoms with E-state index in [1.807, 2.05) is 36.9 Å². The van der Waals surface area contributed by atoms with Crippen molar-refractivity contribution in [2.45, 2.75) is 40.0 Å². The molecule has 2 heterocycles. The van der Waals surface area contributed by atoms with Crippen LogP contribution in [0.15, 0.2) is 24.3 Å². The van der Waals surface area contributed by atoms with Gasteiger partial charge in [-0.05, 0) is 55.9 Å². The molecule has 3 nitrogen and oxygen atoms in total. The van der Waals surface area contributed by atoms with Crippen molar-refractivity contribution >= 4 is 5.95 Å². The largest absolute Gasteiger partial charge is 0.341 e. The molecule has 0 radical (unpaired) electrons. The molecule has 0 N–H and O–H groups in total. The van der Waals surface area contributed by atoms with E-state index in [2.05, 4.69) is 16.9 Å². The zero-order valence-electron chi connectivity index (χ0n) is 14.4. The Balaban J connectivity index is 2.01. The summed E-state index contributed by atoms with van der Waals surface area (Å²) in [6, 6.07) is 7.33. The third-order valence-electron chi connectivity index (χ3n) is 4.83. The van der Waals surface area contributed by atoms with Gasteiger partial charge in [-0.3, -0.25) is 0 Å². The first kappa shape index (κ1) is 16.8. The minimum absolute atomic E-state index is 0.202. The fourth-order valence-electron chi connectivity index (χ4n) is 2.96. The number of aryl methyl sites for hydroxylation is 2. The van der Waals surface area contributed by atoms with Crippen LogP contribution in [0.1, 0.15) is 43.0 Å². The Morgan fingerprint density at radius 3 is 2.38 bits per heavy atom. The summed E-state index contributed by atoms with van der Waals surface area (Å²) in [6.07, 6.45) is -0.511. The molecule has 1 fully saturated rings. The Hall–Kier alpha value is -2.04. The summed E-state index contributed by atoms with van der Waals surface area (Å²) in [5, 5.41) is 0. The second-order valence-corrected chi connectivity index (χ2v) is 6.75. The van der Waals surface area contributed by atoms with Crippen LogP contribution in [-0.2, 0) is 0 Å². The van der Waals surface area contributed by atoms with E-state index >= 15 is 0 Å². The molecule has 0 atom stereocenters. The lowest BCUT2D eigenvalue weighted by Gasteiger charge is -2.30. The summed E-state index contributed by atoms with van der Waals surface area (Å²) >= 11 is 0. The van der Waals surface area contributed by atoms with Gasteiger partial charge in [-0.1, -0.05) is 19.1 Å². The van der Waals surface area contributed by atoms with E-state index in [0.717, 1.165) is 37.1 Å². The fourth-order valence-corrected chi connectivity index (χ4v) is 2.96. The van der Waals surface area contributed by atoms with Crippen LogP contribution in [0.4, 0.5) is 14.7 Å². The highest BCUT2D eigenvalue weighted by Crippen LogP contribution is 2.28. The van der Waals surface area contributed by atoms with Gasteiger partial charge in [0.15, 0.2) is 0 Å². The molecule has 0 bridgehead atoms. The molecule has 1 aliphatic heterocycles. The van der Waals surface area contributed by atoms with E-state index in [0.29, 0.717) is 17.6 Å². The van der Waals surface area contributed by atoms with Crippen molar-refractivity contribution in [1.29, 1.82) is 0 Å². The molecule has 0 spiro atoms. The summed E-state index contributed by atoms with van der Waals surface area (Å²) in [7, 11) is 0. The van der Waals surface area contributed by atoms with E-state index in [9.17, 15) is 8.78 Å². The van der Waals surface area contributed by atoms with Crippen molar-refractivity contribution in [2.24, 2.45) is 5.92 Å². The molecule has 128 valence electrons. The molecule has 24 heavy (non-hydrogen) atoms. The maximum Gasteiger partial charge on any atom is 0.280 e. The molecule has 0 unspecified atom stereocenters. The van der Waals surface area contributed by atoms with Crippen LogP contribution in [0.5, 0.6) is 0 Å². The molecular weight excluding hydrogens is 308 g/mol. The lowest BCUT2D eigenvalue weighted by Crippen LogP contribution is -2.34. The van der Waals surface area contributed by atoms with Gasteiger partial charge in [-0.25, -0.2) is 18.7 Å². The van der Waals surface area contributed by atoms with Crippen LogP contribution >= 0.6 is 0 Å². The van der Waals surface area contributed by atoms with Crippen LogP contribution in [0.25, 0.3) is 11.3 Å². The lowest BCUT2D eigenvalue weighted by molar-refractivity contribution is 0.146. The normalized spacial score (nSPS) is 16.0. The van der Waals surface area contributed by atoms with Crippen LogP contribution in [0, 0.1) is 19.8 Å². The maximum atomic E-state index is 13.3. The average molecular weight is 331 g/mol. The van der Waals surface area contributed by atoms with Crippen LogP contribution < -0.4 is 4.90 Å². The van der Waals surface area contributed by atoms with Gasteiger partial charge in [0.25, 0.3) is 6.43 Å².